The minimum atomic E-state index is -0.646. The summed E-state index contributed by atoms with van der Waals surface area (Å²) < 4.78 is 5.62. The molecule has 0 spiro atoms. The molecule has 1 aliphatic rings. The highest BCUT2D eigenvalue weighted by Gasteiger charge is 2.28. The lowest BCUT2D eigenvalue weighted by atomic mass is 10.1. The number of carbonyl (C=O) groups is 2. The average molecular weight is 449 g/mol. The van der Waals surface area contributed by atoms with Crippen molar-refractivity contribution >= 4 is 35.0 Å². The van der Waals surface area contributed by atoms with Crippen LogP contribution in [0.3, 0.4) is 0 Å². The first-order chi connectivity index (χ1) is 14.4. The van der Waals surface area contributed by atoms with Gasteiger partial charge in [0.05, 0.1) is 5.02 Å². The summed E-state index contributed by atoms with van der Waals surface area (Å²) in [6.07, 6.45) is 4.21. The van der Waals surface area contributed by atoms with Crippen molar-refractivity contribution in [2.45, 2.75) is 51.2 Å². The lowest BCUT2D eigenvalue weighted by Gasteiger charge is -2.29. The van der Waals surface area contributed by atoms with Crippen LogP contribution in [0.15, 0.2) is 48.5 Å². The largest absolute Gasteiger partial charge is 0.482 e. The maximum atomic E-state index is 13.0. The van der Waals surface area contributed by atoms with Crippen LogP contribution in [0, 0.1) is 0 Å². The molecule has 1 atom stereocenters. The first-order valence-electron chi connectivity index (χ1n) is 10.2. The van der Waals surface area contributed by atoms with Gasteiger partial charge < -0.3 is 15.0 Å². The highest BCUT2D eigenvalue weighted by Crippen LogP contribution is 2.23. The van der Waals surface area contributed by atoms with E-state index in [0.717, 1.165) is 31.2 Å². The highest BCUT2D eigenvalue weighted by atomic mass is 35.5. The molecule has 1 N–H and O–H groups in total. The monoisotopic (exact) mass is 448 g/mol. The molecule has 7 heteroatoms. The van der Waals surface area contributed by atoms with Crippen molar-refractivity contribution < 1.29 is 14.3 Å². The molecule has 160 valence electrons. The molecule has 2 aromatic carbocycles. The predicted molar refractivity (Wildman–Crippen MR) is 119 cm³/mol. The Hall–Kier alpha value is -2.24. The van der Waals surface area contributed by atoms with E-state index in [9.17, 15) is 9.59 Å². The smallest absolute Gasteiger partial charge is 0.261 e. The van der Waals surface area contributed by atoms with Crippen molar-refractivity contribution in [1.29, 1.82) is 0 Å². The predicted octanol–water partition coefficient (Wildman–Crippen LogP) is 4.85. The Bertz CT molecular complexity index is 884. The molecule has 3 rings (SSSR count). The van der Waals surface area contributed by atoms with Crippen molar-refractivity contribution in [2.75, 3.05) is 6.61 Å². The molecule has 0 aliphatic heterocycles. The van der Waals surface area contributed by atoms with E-state index in [1.54, 1.807) is 43.3 Å². The fourth-order valence-electron chi connectivity index (χ4n) is 3.59. The summed E-state index contributed by atoms with van der Waals surface area (Å²) in [6, 6.07) is 13.8. The molecule has 1 unspecified atom stereocenters. The van der Waals surface area contributed by atoms with Crippen molar-refractivity contribution in [2.24, 2.45) is 0 Å². The van der Waals surface area contributed by atoms with E-state index in [1.165, 1.54) is 4.90 Å². The zero-order valence-electron chi connectivity index (χ0n) is 16.9. The maximum Gasteiger partial charge on any atom is 0.261 e. The molecular formula is C23H26Cl2N2O3. The summed E-state index contributed by atoms with van der Waals surface area (Å²) >= 11 is 12.2. The molecule has 2 amide bonds. The highest BCUT2D eigenvalue weighted by molar-refractivity contribution is 6.32. The molecule has 1 saturated carbocycles. The standard InChI is InChI=1S/C23H26Cl2N2O3/c1-16(23(29)26-19-9-2-3-10-19)27(14-17-7-6-8-18(24)13-17)22(28)15-30-21-12-5-4-11-20(21)25/h4-8,11-13,16,19H,2-3,9-10,14-15H2,1H3,(H,26,29). The second-order valence-corrected chi connectivity index (χ2v) is 8.38. The summed E-state index contributed by atoms with van der Waals surface area (Å²) in [5, 5.41) is 4.08. The second kappa shape index (κ2) is 10.7. The molecule has 0 radical (unpaired) electrons. The number of rotatable bonds is 8. The van der Waals surface area contributed by atoms with Crippen LogP contribution in [0.5, 0.6) is 5.75 Å². The number of ether oxygens (including phenoxy) is 1. The summed E-state index contributed by atoms with van der Waals surface area (Å²) in [6.45, 7) is 1.78. The normalized spacial score (nSPS) is 14.9. The first-order valence-corrected chi connectivity index (χ1v) is 10.9. The molecule has 2 aromatic rings. The van der Waals surface area contributed by atoms with Gasteiger partial charge in [-0.1, -0.05) is 60.3 Å². The Morgan fingerprint density at radius 1 is 1.13 bits per heavy atom. The fourth-order valence-corrected chi connectivity index (χ4v) is 3.99. The Labute approximate surface area is 187 Å². The van der Waals surface area contributed by atoms with Gasteiger partial charge in [-0.05, 0) is 49.6 Å². The Morgan fingerprint density at radius 2 is 1.87 bits per heavy atom. The minimum absolute atomic E-state index is 0.157. The van der Waals surface area contributed by atoms with E-state index in [0.29, 0.717) is 15.8 Å². The number of amides is 2. The van der Waals surface area contributed by atoms with Crippen LogP contribution in [0.4, 0.5) is 0 Å². The van der Waals surface area contributed by atoms with Crippen LogP contribution in [-0.2, 0) is 16.1 Å². The van der Waals surface area contributed by atoms with Gasteiger partial charge in [-0.15, -0.1) is 0 Å². The number of para-hydroxylation sites is 1. The van der Waals surface area contributed by atoms with Gasteiger partial charge in [0.25, 0.3) is 5.91 Å². The van der Waals surface area contributed by atoms with E-state index in [-0.39, 0.29) is 31.0 Å². The van der Waals surface area contributed by atoms with Gasteiger partial charge >= 0.3 is 0 Å². The zero-order valence-corrected chi connectivity index (χ0v) is 18.5. The number of nitrogens with zero attached hydrogens (tertiary/aromatic N) is 1. The number of halogens is 2. The van der Waals surface area contributed by atoms with Crippen LogP contribution in [0.1, 0.15) is 38.2 Å². The number of hydrogen-bond donors (Lipinski definition) is 1. The second-order valence-electron chi connectivity index (χ2n) is 7.54. The van der Waals surface area contributed by atoms with Crippen molar-refractivity contribution in [1.82, 2.24) is 10.2 Å². The van der Waals surface area contributed by atoms with Crippen LogP contribution < -0.4 is 10.1 Å². The van der Waals surface area contributed by atoms with E-state index < -0.39 is 6.04 Å². The van der Waals surface area contributed by atoms with Crippen LogP contribution >= 0.6 is 23.2 Å². The van der Waals surface area contributed by atoms with Gasteiger partial charge in [0.1, 0.15) is 11.8 Å². The van der Waals surface area contributed by atoms with E-state index in [2.05, 4.69) is 5.32 Å². The van der Waals surface area contributed by atoms with Gasteiger partial charge in [-0.3, -0.25) is 9.59 Å². The molecule has 1 aliphatic carbocycles. The van der Waals surface area contributed by atoms with Gasteiger partial charge in [0, 0.05) is 17.6 Å². The SMILES string of the molecule is CC(C(=O)NC1CCCC1)N(Cc1cccc(Cl)c1)C(=O)COc1ccccc1Cl. The summed E-state index contributed by atoms with van der Waals surface area (Å²) in [4.78, 5) is 27.4. The van der Waals surface area contributed by atoms with Crippen LogP contribution in [0.2, 0.25) is 10.0 Å². The quantitative estimate of drug-likeness (QED) is 0.627. The molecule has 0 saturated heterocycles. The molecule has 0 heterocycles. The van der Waals surface area contributed by atoms with Gasteiger partial charge in [0.2, 0.25) is 5.91 Å². The fraction of sp³-hybridized carbons (Fsp3) is 0.391. The van der Waals surface area contributed by atoms with Gasteiger partial charge in [-0.2, -0.15) is 0 Å². The van der Waals surface area contributed by atoms with Crippen molar-refractivity contribution in [3.05, 3.63) is 64.1 Å². The van der Waals surface area contributed by atoms with Crippen LogP contribution in [0.25, 0.3) is 0 Å². The topological polar surface area (TPSA) is 58.6 Å². The van der Waals surface area contributed by atoms with Crippen molar-refractivity contribution in [3.63, 3.8) is 0 Å². The molecule has 1 fully saturated rings. The van der Waals surface area contributed by atoms with Crippen molar-refractivity contribution in [3.8, 4) is 5.75 Å². The molecular weight excluding hydrogens is 423 g/mol. The number of hydrogen-bond acceptors (Lipinski definition) is 3. The number of nitrogens with one attached hydrogen (secondary N) is 1. The first kappa shape index (κ1) is 22.4. The molecule has 5 nitrogen and oxygen atoms in total. The van der Waals surface area contributed by atoms with E-state index in [4.69, 9.17) is 27.9 Å². The van der Waals surface area contributed by atoms with Crippen LogP contribution in [-0.4, -0.2) is 35.4 Å². The van der Waals surface area contributed by atoms with E-state index >= 15 is 0 Å². The number of benzene rings is 2. The maximum absolute atomic E-state index is 13.0. The average Bonchev–Trinajstić information content (AvgIpc) is 3.24. The molecule has 0 bridgehead atoms. The molecule has 0 aromatic heterocycles. The summed E-state index contributed by atoms with van der Waals surface area (Å²) in [5.74, 6) is -0.0303. The lowest BCUT2D eigenvalue weighted by Crippen LogP contribution is -2.50. The third-order valence-corrected chi connectivity index (χ3v) is 5.85. The Morgan fingerprint density at radius 3 is 2.57 bits per heavy atom. The summed E-state index contributed by atoms with van der Waals surface area (Å²) in [7, 11) is 0. The van der Waals surface area contributed by atoms with Gasteiger partial charge in [0.15, 0.2) is 6.61 Å². The van der Waals surface area contributed by atoms with Gasteiger partial charge in [-0.25, -0.2) is 0 Å². The van der Waals surface area contributed by atoms with E-state index in [1.807, 2.05) is 12.1 Å². The summed E-state index contributed by atoms with van der Waals surface area (Å²) in [5.41, 5.74) is 0.842. The Kier molecular flexibility index (Phi) is 8.00. The zero-order chi connectivity index (χ0) is 21.5. The minimum Gasteiger partial charge on any atom is -0.482 e. The number of carbonyl (C=O) groups excluding carboxylic acids is 2. The lowest BCUT2D eigenvalue weighted by molar-refractivity contribution is -0.142. The molecule has 30 heavy (non-hydrogen) atoms. The Balaban J connectivity index is 1.72. The third kappa shape index (κ3) is 6.13. The third-order valence-electron chi connectivity index (χ3n) is 5.30.